The van der Waals surface area contributed by atoms with Crippen LogP contribution in [0.3, 0.4) is 0 Å². The third-order valence-corrected chi connectivity index (χ3v) is 3.05. The molecule has 5 nitrogen and oxygen atoms in total. The quantitative estimate of drug-likeness (QED) is 0.742. The fourth-order valence-corrected chi connectivity index (χ4v) is 1.98. The number of hydrogen-bond acceptors (Lipinski definition) is 5. The molecular weight excluding hydrogens is 228 g/mol. The van der Waals surface area contributed by atoms with Crippen molar-refractivity contribution in [2.75, 3.05) is 11.5 Å². The van der Waals surface area contributed by atoms with Gasteiger partial charge in [-0.25, -0.2) is 4.98 Å². The Kier molecular flexibility index (Phi) is 3.16. The highest BCUT2D eigenvalue weighted by Gasteiger charge is 2.15. The Morgan fingerprint density at radius 3 is 2.56 bits per heavy atom. The van der Waals surface area contributed by atoms with Crippen LogP contribution in [0.25, 0.3) is 11.1 Å². The van der Waals surface area contributed by atoms with Gasteiger partial charge in [0, 0.05) is 5.56 Å². The molecule has 94 valence electrons. The predicted octanol–water partition coefficient (Wildman–Crippen LogP) is 1.42. The van der Waals surface area contributed by atoms with Crippen molar-refractivity contribution in [3.05, 3.63) is 35.0 Å². The number of nitrogen functional groups attached to an aromatic ring is 2. The molecule has 0 aliphatic carbocycles. The normalized spacial score (nSPS) is 10.6. The summed E-state index contributed by atoms with van der Waals surface area (Å²) in [6.45, 7) is 3.80. The second kappa shape index (κ2) is 4.62. The molecule has 5 N–H and O–H groups in total. The second-order valence-electron chi connectivity index (χ2n) is 4.19. The topological polar surface area (TPSA) is 98.0 Å². The van der Waals surface area contributed by atoms with E-state index in [4.69, 9.17) is 11.5 Å². The van der Waals surface area contributed by atoms with E-state index < -0.39 is 0 Å². The van der Waals surface area contributed by atoms with E-state index in [1.165, 1.54) is 0 Å². The zero-order chi connectivity index (χ0) is 13.3. The smallest absolute Gasteiger partial charge is 0.222 e. The van der Waals surface area contributed by atoms with Gasteiger partial charge in [-0.3, -0.25) is 0 Å². The molecule has 0 saturated heterocycles. The number of nitrogens with two attached hydrogens (primary N) is 2. The highest BCUT2D eigenvalue weighted by atomic mass is 16.3. The summed E-state index contributed by atoms with van der Waals surface area (Å²) in [4.78, 5) is 8.00. The fraction of sp³-hybridized carbons (Fsp3) is 0.231. The van der Waals surface area contributed by atoms with Gasteiger partial charge in [0.15, 0.2) is 0 Å². The van der Waals surface area contributed by atoms with Crippen LogP contribution in [0.2, 0.25) is 0 Å². The molecule has 0 atom stereocenters. The van der Waals surface area contributed by atoms with Gasteiger partial charge in [-0.2, -0.15) is 4.98 Å². The zero-order valence-corrected chi connectivity index (χ0v) is 10.4. The van der Waals surface area contributed by atoms with Crippen LogP contribution in [-0.4, -0.2) is 15.1 Å². The Balaban J connectivity index is 2.74. The van der Waals surface area contributed by atoms with Gasteiger partial charge in [-0.05, 0) is 30.5 Å². The SMILES string of the molecule is Cc1cccc(-c2c(N)nc(N)nc2CO)c1C. The minimum atomic E-state index is -0.223. The van der Waals surface area contributed by atoms with Crippen LogP contribution in [0.5, 0.6) is 0 Å². The molecule has 18 heavy (non-hydrogen) atoms. The van der Waals surface area contributed by atoms with E-state index in [0.29, 0.717) is 17.1 Å². The molecule has 1 aromatic heterocycles. The summed E-state index contributed by atoms with van der Waals surface area (Å²) in [6.07, 6.45) is 0. The van der Waals surface area contributed by atoms with Crippen LogP contribution in [0.4, 0.5) is 11.8 Å². The van der Waals surface area contributed by atoms with Crippen molar-refractivity contribution in [2.24, 2.45) is 0 Å². The summed E-state index contributed by atoms with van der Waals surface area (Å²) in [7, 11) is 0. The van der Waals surface area contributed by atoms with Crippen molar-refractivity contribution in [3.63, 3.8) is 0 Å². The van der Waals surface area contributed by atoms with E-state index in [9.17, 15) is 5.11 Å². The summed E-state index contributed by atoms with van der Waals surface area (Å²) in [6, 6.07) is 5.90. The average Bonchev–Trinajstić information content (AvgIpc) is 2.32. The molecule has 5 heteroatoms. The molecular formula is C13H16N4O. The largest absolute Gasteiger partial charge is 0.390 e. The van der Waals surface area contributed by atoms with Crippen LogP contribution >= 0.6 is 0 Å². The van der Waals surface area contributed by atoms with Crippen molar-refractivity contribution in [1.82, 2.24) is 9.97 Å². The first-order chi connectivity index (χ1) is 8.54. The van der Waals surface area contributed by atoms with E-state index >= 15 is 0 Å². The number of hydrogen-bond donors (Lipinski definition) is 3. The number of aliphatic hydroxyl groups is 1. The lowest BCUT2D eigenvalue weighted by Gasteiger charge is -2.14. The first-order valence-corrected chi connectivity index (χ1v) is 5.64. The van der Waals surface area contributed by atoms with Gasteiger partial charge < -0.3 is 16.6 Å². The Bertz CT molecular complexity index is 596. The maximum atomic E-state index is 9.39. The van der Waals surface area contributed by atoms with Gasteiger partial charge in [0.2, 0.25) is 5.95 Å². The van der Waals surface area contributed by atoms with Crippen molar-refractivity contribution in [2.45, 2.75) is 20.5 Å². The summed E-state index contributed by atoms with van der Waals surface area (Å²) in [5, 5.41) is 9.39. The Morgan fingerprint density at radius 2 is 1.89 bits per heavy atom. The Hall–Kier alpha value is -2.14. The Labute approximate surface area is 105 Å². The molecule has 0 aliphatic rings. The van der Waals surface area contributed by atoms with Crippen LogP contribution in [0.15, 0.2) is 18.2 Å². The van der Waals surface area contributed by atoms with Gasteiger partial charge in [-0.1, -0.05) is 18.2 Å². The van der Waals surface area contributed by atoms with Crippen molar-refractivity contribution >= 4 is 11.8 Å². The van der Waals surface area contributed by atoms with Gasteiger partial charge >= 0.3 is 0 Å². The monoisotopic (exact) mass is 244 g/mol. The van der Waals surface area contributed by atoms with Gasteiger partial charge in [-0.15, -0.1) is 0 Å². The van der Waals surface area contributed by atoms with Gasteiger partial charge in [0.1, 0.15) is 5.82 Å². The second-order valence-corrected chi connectivity index (χ2v) is 4.19. The molecule has 0 radical (unpaired) electrons. The number of aryl methyl sites for hydroxylation is 1. The van der Waals surface area contributed by atoms with Crippen LogP contribution in [0.1, 0.15) is 16.8 Å². The Morgan fingerprint density at radius 1 is 1.17 bits per heavy atom. The number of anilines is 2. The number of benzene rings is 1. The van der Waals surface area contributed by atoms with E-state index in [2.05, 4.69) is 9.97 Å². The fourth-order valence-electron chi connectivity index (χ4n) is 1.98. The molecule has 0 amide bonds. The van der Waals surface area contributed by atoms with Crippen LogP contribution in [-0.2, 0) is 6.61 Å². The summed E-state index contributed by atoms with van der Waals surface area (Å²) in [5.74, 6) is 0.367. The lowest BCUT2D eigenvalue weighted by Crippen LogP contribution is -2.07. The molecule has 0 spiro atoms. The van der Waals surface area contributed by atoms with Crippen molar-refractivity contribution in [1.29, 1.82) is 0 Å². The third kappa shape index (κ3) is 2.00. The summed E-state index contributed by atoms with van der Waals surface area (Å²) < 4.78 is 0. The standard InChI is InChI=1S/C13H16N4O/c1-7-4-3-5-9(8(7)2)11-10(6-18)16-13(15)17-12(11)14/h3-5,18H,6H2,1-2H3,(H4,14,15,16,17). The van der Waals surface area contributed by atoms with E-state index in [1.807, 2.05) is 32.0 Å². The summed E-state index contributed by atoms with van der Waals surface area (Å²) in [5.41, 5.74) is 15.7. The lowest BCUT2D eigenvalue weighted by atomic mass is 9.96. The molecule has 2 aromatic rings. The highest BCUT2D eigenvalue weighted by Crippen LogP contribution is 2.32. The van der Waals surface area contributed by atoms with E-state index in [0.717, 1.165) is 16.7 Å². The molecule has 0 unspecified atom stereocenters. The molecule has 0 saturated carbocycles. The first kappa shape index (κ1) is 12.3. The number of aromatic nitrogens is 2. The van der Waals surface area contributed by atoms with Crippen molar-refractivity contribution in [3.8, 4) is 11.1 Å². The van der Waals surface area contributed by atoms with E-state index in [1.54, 1.807) is 0 Å². The van der Waals surface area contributed by atoms with Gasteiger partial charge in [0.05, 0.1) is 12.3 Å². The van der Waals surface area contributed by atoms with Gasteiger partial charge in [0.25, 0.3) is 0 Å². The molecule has 0 fully saturated rings. The molecule has 1 aromatic carbocycles. The summed E-state index contributed by atoms with van der Waals surface area (Å²) >= 11 is 0. The molecule has 0 bridgehead atoms. The zero-order valence-electron chi connectivity index (χ0n) is 10.4. The number of nitrogens with zero attached hydrogens (tertiary/aromatic N) is 2. The average molecular weight is 244 g/mol. The molecule has 2 rings (SSSR count). The molecule has 0 aliphatic heterocycles. The molecule has 1 heterocycles. The maximum Gasteiger partial charge on any atom is 0.222 e. The first-order valence-electron chi connectivity index (χ1n) is 5.64. The van der Waals surface area contributed by atoms with Crippen LogP contribution < -0.4 is 11.5 Å². The minimum Gasteiger partial charge on any atom is -0.390 e. The van der Waals surface area contributed by atoms with E-state index in [-0.39, 0.29) is 12.6 Å². The maximum absolute atomic E-state index is 9.39. The lowest BCUT2D eigenvalue weighted by molar-refractivity contribution is 0.277. The highest BCUT2D eigenvalue weighted by molar-refractivity contribution is 5.79. The minimum absolute atomic E-state index is 0.0746. The number of aliphatic hydroxyl groups excluding tert-OH is 1. The third-order valence-electron chi connectivity index (χ3n) is 3.05. The van der Waals surface area contributed by atoms with Crippen molar-refractivity contribution < 1.29 is 5.11 Å². The van der Waals surface area contributed by atoms with Crippen LogP contribution in [0, 0.1) is 13.8 Å². The number of rotatable bonds is 2. The predicted molar refractivity (Wildman–Crippen MR) is 71.7 cm³/mol.